The number of rotatable bonds is 63. The van der Waals surface area contributed by atoms with Gasteiger partial charge in [-0.1, -0.05) is 309 Å². The van der Waals surface area contributed by atoms with Gasteiger partial charge in [0.2, 0.25) is 0 Å². The van der Waals surface area contributed by atoms with Gasteiger partial charge in [-0.15, -0.1) is 0 Å². The maximum atomic E-state index is 12.9. The van der Waals surface area contributed by atoms with Gasteiger partial charge < -0.3 is 14.2 Å². The van der Waals surface area contributed by atoms with E-state index in [2.05, 4.69) is 142 Å². The molecule has 1 atom stereocenters. The van der Waals surface area contributed by atoms with Crippen molar-refractivity contribution in [1.29, 1.82) is 0 Å². The molecule has 0 aromatic carbocycles. The van der Waals surface area contributed by atoms with Crippen LogP contribution in [0.2, 0.25) is 0 Å². The molecule has 0 aliphatic rings. The molecule has 0 bridgehead atoms. The van der Waals surface area contributed by atoms with Crippen molar-refractivity contribution < 1.29 is 28.6 Å². The molecule has 6 heteroatoms. The SMILES string of the molecule is CC/C=C\C/C=C\C/C=C\C/C=C\C/C=C\CCCC(=O)OC(COC(=O)CCCCCCC/C=C\CCCCCCCC)COC(=O)CCCCCCCCCCCCCCCCCCCCCC/C=C\C/C=C\C/C=C\C/C=C\CC. The lowest BCUT2D eigenvalue weighted by atomic mass is 10.0. The Labute approximate surface area is 513 Å². The Morgan fingerprint density at radius 3 is 0.783 bits per heavy atom. The van der Waals surface area contributed by atoms with Crippen LogP contribution in [0, 0.1) is 0 Å². The lowest BCUT2D eigenvalue weighted by molar-refractivity contribution is -0.167. The van der Waals surface area contributed by atoms with E-state index in [4.69, 9.17) is 14.2 Å². The van der Waals surface area contributed by atoms with Gasteiger partial charge in [-0.3, -0.25) is 14.4 Å². The number of hydrogen-bond donors (Lipinski definition) is 0. The molecule has 1 unspecified atom stereocenters. The van der Waals surface area contributed by atoms with E-state index < -0.39 is 6.10 Å². The van der Waals surface area contributed by atoms with Crippen LogP contribution in [0.1, 0.15) is 329 Å². The number of esters is 3. The largest absolute Gasteiger partial charge is 0.462 e. The predicted molar refractivity (Wildman–Crippen MR) is 362 cm³/mol. The number of carbonyl (C=O) groups is 3. The van der Waals surface area contributed by atoms with Crippen molar-refractivity contribution in [1.82, 2.24) is 0 Å². The first kappa shape index (κ1) is 78.8. The standard InChI is InChI=1S/C77H130O6/c1-4-7-10-13-16-19-22-25-28-30-31-32-33-34-35-36-37-38-39-40-41-42-43-44-45-47-49-52-55-58-61-64-67-70-76(79)82-73-74(72-81-75(78)69-66-63-60-57-54-51-48-27-24-21-18-15-12-9-6-3)83-77(80)71-68-65-62-59-56-53-50-46-29-26-23-20-17-14-11-8-5-2/h7-8,10-11,16-17,19-20,25-29,31-32,48,50,53,59,62,74H,4-6,9,12-15,18,21-24,30,33-47,49,51-52,54-58,60-61,63-73H2,1-3H3/b10-7-,11-8-,19-16-,20-17-,28-25-,29-26-,32-31-,48-27-,53-50-,62-59-. The number of hydrogen-bond acceptors (Lipinski definition) is 6. The summed E-state index contributed by atoms with van der Waals surface area (Å²) in [7, 11) is 0. The summed E-state index contributed by atoms with van der Waals surface area (Å²) in [5.74, 6) is -0.958. The molecule has 0 heterocycles. The third-order valence-electron chi connectivity index (χ3n) is 14.9. The first-order chi connectivity index (χ1) is 41.0. The summed E-state index contributed by atoms with van der Waals surface area (Å²) < 4.78 is 16.9. The zero-order valence-electron chi connectivity index (χ0n) is 54.4. The fraction of sp³-hybridized carbons (Fsp3) is 0.701. The highest BCUT2D eigenvalue weighted by atomic mass is 16.6. The summed E-state index contributed by atoms with van der Waals surface area (Å²) >= 11 is 0. The highest BCUT2D eigenvalue weighted by molar-refractivity contribution is 5.71. The van der Waals surface area contributed by atoms with E-state index in [1.54, 1.807) is 0 Å². The summed E-state index contributed by atoms with van der Waals surface area (Å²) in [6.07, 6.45) is 98.1. The van der Waals surface area contributed by atoms with Gasteiger partial charge in [-0.05, 0) is 122 Å². The Balaban J connectivity index is 4.24. The van der Waals surface area contributed by atoms with Crippen LogP contribution in [0.4, 0.5) is 0 Å². The van der Waals surface area contributed by atoms with E-state index >= 15 is 0 Å². The molecule has 0 aromatic rings. The van der Waals surface area contributed by atoms with Crippen LogP contribution in [0.15, 0.2) is 122 Å². The zero-order chi connectivity index (χ0) is 59.9. The van der Waals surface area contributed by atoms with E-state index in [1.807, 2.05) is 0 Å². The molecule has 0 aliphatic heterocycles. The second kappa shape index (κ2) is 70.3. The third kappa shape index (κ3) is 68.5. The Hall–Kier alpha value is -4.19. The van der Waals surface area contributed by atoms with Gasteiger partial charge in [0.25, 0.3) is 0 Å². The summed E-state index contributed by atoms with van der Waals surface area (Å²) in [4.78, 5) is 38.4. The molecule has 0 aliphatic carbocycles. The quantitative estimate of drug-likeness (QED) is 0.0261. The first-order valence-electron chi connectivity index (χ1n) is 35.0. The van der Waals surface area contributed by atoms with E-state index in [1.165, 1.54) is 167 Å². The smallest absolute Gasteiger partial charge is 0.306 e. The fourth-order valence-electron chi connectivity index (χ4n) is 9.76. The van der Waals surface area contributed by atoms with Gasteiger partial charge in [0, 0.05) is 19.3 Å². The van der Waals surface area contributed by atoms with Crippen LogP contribution in [-0.4, -0.2) is 37.2 Å². The van der Waals surface area contributed by atoms with Crippen LogP contribution in [0.3, 0.4) is 0 Å². The van der Waals surface area contributed by atoms with Gasteiger partial charge in [-0.2, -0.15) is 0 Å². The molecule has 0 radical (unpaired) electrons. The van der Waals surface area contributed by atoms with Crippen molar-refractivity contribution in [2.75, 3.05) is 13.2 Å². The molecule has 0 amide bonds. The highest BCUT2D eigenvalue weighted by Gasteiger charge is 2.19. The van der Waals surface area contributed by atoms with Crippen molar-refractivity contribution in [2.45, 2.75) is 335 Å². The molecule has 0 saturated heterocycles. The summed E-state index contributed by atoms with van der Waals surface area (Å²) in [5.41, 5.74) is 0. The maximum absolute atomic E-state index is 12.9. The average molecular weight is 1150 g/mol. The fourth-order valence-corrected chi connectivity index (χ4v) is 9.76. The highest BCUT2D eigenvalue weighted by Crippen LogP contribution is 2.17. The molecule has 0 spiro atoms. The second-order valence-corrected chi connectivity index (χ2v) is 23.0. The van der Waals surface area contributed by atoms with E-state index in [-0.39, 0.29) is 37.5 Å². The summed E-state index contributed by atoms with van der Waals surface area (Å²) in [6, 6.07) is 0. The maximum Gasteiger partial charge on any atom is 0.306 e. The third-order valence-corrected chi connectivity index (χ3v) is 14.9. The van der Waals surface area contributed by atoms with Crippen LogP contribution < -0.4 is 0 Å². The Morgan fingerprint density at radius 1 is 0.253 bits per heavy atom. The number of unbranched alkanes of at least 4 members (excludes halogenated alkanes) is 32. The van der Waals surface area contributed by atoms with Gasteiger partial charge in [0.1, 0.15) is 13.2 Å². The van der Waals surface area contributed by atoms with Crippen molar-refractivity contribution in [2.24, 2.45) is 0 Å². The van der Waals surface area contributed by atoms with Crippen LogP contribution in [0.25, 0.3) is 0 Å². The van der Waals surface area contributed by atoms with Gasteiger partial charge in [0.05, 0.1) is 0 Å². The molecular weight excluding hydrogens is 1020 g/mol. The second-order valence-electron chi connectivity index (χ2n) is 23.0. The minimum Gasteiger partial charge on any atom is -0.462 e. The Morgan fingerprint density at radius 2 is 0.482 bits per heavy atom. The normalized spacial score (nSPS) is 12.9. The van der Waals surface area contributed by atoms with Gasteiger partial charge in [-0.25, -0.2) is 0 Å². The van der Waals surface area contributed by atoms with E-state index in [9.17, 15) is 14.4 Å². The topological polar surface area (TPSA) is 78.9 Å². The summed E-state index contributed by atoms with van der Waals surface area (Å²) in [6.45, 7) is 6.38. The lowest BCUT2D eigenvalue weighted by Crippen LogP contribution is -2.30. The molecule has 474 valence electrons. The van der Waals surface area contributed by atoms with E-state index in [0.29, 0.717) is 19.3 Å². The number of allylic oxidation sites excluding steroid dienone is 20. The van der Waals surface area contributed by atoms with Crippen molar-refractivity contribution in [3.05, 3.63) is 122 Å². The van der Waals surface area contributed by atoms with Crippen LogP contribution in [0.5, 0.6) is 0 Å². The van der Waals surface area contributed by atoms with Crippen molar-refractivity contribution in [3.63, 3.8) is 0 Å². The lowest BCUT2D eigenvalue weighted by Gasteiger charge is -2.18. The minimum atomic E-state index is -0.813. The van der Waals surface area contributed by atoms with Crippen LogP contribution >= 0.6 is 0 Å². The van der Waals surface area contributed by atoms with E-state index in [0.717, 1.165) is 116 Å². The molecule has 6 nitrogen and oxygen atoms in total. The number of ether oxygens (including phenoxy) is 3. The predicted octanol–water partition coefficient (Wildman–Crippen LogP) is 24.3. The average Bonchev–Trinajstić information content (AvgIpc) is 3.49. The van der Waals surface area contributed by atoms with Gasteiger partial charge in [0.15, 0.2) is 6.10 Å². The first-order valence-corrected chi connectivity index (χ1v) is 35.0. The number of carbonyl (C=O) groups excluding carboxylic acids is 3. The zero-order valence-corrected chi connectivity index (χ0v) is 54.4. The molecule has 0 aromatic heterocycles. The van der Waals surface area contributed by atoms with Crippen molar-refractivity contribution >= 4 is 17.9 Å². The van der Waals surface area contributed by atoms with Gasteiger partial charge >= 0.3 is 17.9 Å². The molecule has 0 rings (SSSR count). The molecular formula is C77H130O6. The molecule has 0 fully saturated rings. The monoisotopic (exact) mass is 1150 g/mol. The molecule has 83 heavy (non-hydrogen) atoms. The Kier molecular flexibility index (Phi) is 66.7. The minimum absolute atomic E-state index is 0.102. The van der Waals surface area contributed by atoms with Crippen LogP contribution in [-0.2, 0) is 28.6 Å². The molecule has 0 N–H and O–H groups in total. The Bertz CT molecular complexity index is 1700. The molecule has 0 saturated carbocycles. The van der Waals surface area contributed by atoms with Crippen molar-refractivity contribution in [3.8, 4) is 0 Å². The summed E-state index contributed by atoms with van der Waals surface area (Å²) in [5, 5.41) is 0.